The van der Waals surface area contributed by atoms with E-state index in [1.807, 2.05) is 6.20 Å². The average Bonchev–Trinajstić information content (AvgIpc) is 2.92. The van der Waals surface area contributed by atoms with Crippen LogP contribution in [0.15, 0.2) is 36.5 Å². The molecule has 100 valence electrons. The Bertz CT molecular complexity index is 544. The summed E-state index contributed by atoms with van der Waals surface area (Å²) >= 11 is 0. The molecule has 2 unspecified atom stereocenters. The van der Waals surface area contributed by atoms with Crippen molar-refractivity contribution >= 4 is 10.9 Å². The lowest BCUT2D eigenvalue weighted by Crippen LogP contribution is -2.31. The van der Waals surface area contributed by atoms with E-state index in [1.54, 1.807) is 0 Å². The number of hydrogen-bond acceptors (Lipinski definition) is 2. The minimum atomic E-state index is 0.644. The van der Waals surface area contributed by atoms with Gasteiger partial charge in [-0.25, -0.2) is 0 Å². The summed E-state index contributed by atoms with van der Waals surface area (Å²) in [7, 11) is 0. The average molecular weight is 254 g/mol. The molecule has 2 atom stereocenters. The van der Waals surface area contributed by atoms with Gasteiger partial charge in [0.1, 0.15) is 0 Å². The van der Waals surface area contributed by atoms with Crippen molar-refractivity contribution in [2.45, 2.75) is 44.6 Å². The first-order valence-corrected chi connectivity index (χ1v) is 7.47. The van der Waals surface area contributed by atoms with Crippen LogP contribution in [0.3, 0.4) is 0 Å². The molecule has 1 aliphatic rings. The van der Waals surface area contributed by atoms with Crippen LogP contribution in [-0.2, 0) is 0 Å². The van der Waals surface area contributed by atoms with Gasteiger partial charge in [0.05, 0.1) is 5.52 Å². The molecule has 19 heavy (non-hydrogen) atoms. The van der Waals surface area contributed by atoms with Gasteiger partial charge in [-0.2, -0.15) is 0 Å². The lowest BCUT2D eigenvalue weighted by molar-refractivity contribution is 0.480. The fourth-order valence-corrected chi connectivity index (χ4v) is 3.36. The van der Waals surface area contributed by atoms with Crippen molar-refractivity contribution < 1.29 is 0 Å². The van der Waals surface area contributed by atoms with Crippen LogP contribution in [0.25, 0.3) is 10.9 Å². The summed E-state index contributed by atoms with van der Waals surface area (Å²) in [6, 6.07) is 11.5. The summed E-state index contributed by atoms with van der Waals surface area (Å²) in [5.41, 5.74) is 2.61. The fourth-order valence-electron chi connectivity index (χ4n) is 3.36. The third kappa shape index (κ3) is 2.50. The Balaban J connectivity index is 1.94. The number of rotatable bonds is 4. The molecule has 1 heterocycles. The van der Waals surface area contributed by atoms with Crippen LogP contribution < -0.4 is 5.32 Å². The standard InChI is InChI=1S/C17H22N2/c1-2-11-18-16-10-4-7-14(16)13-6-3-9-17-15(13)8-5-12-19-17/h3,5-6,8-9,12,14,16,18H,2,4,7,10-11H2,1H3. The van der Waals surface area contributed by atoms with Crippen molar-refractivity contribution in [2.24, 2.45) is 0 Å². The lowest BCUT2D eigenvalue weighted by Gasteiger charge is -2.22. The van der Waals surface area contributed by atoms with E-state index in [1.165, 1.54) is 36.6 Å². The highest BCUT2D eigenvalue weighted by Gasteiger charge is 2.28. The molecule has 0 bridgehead atoms. The minimum Gasteiger partial charge on any atom is -0.313 e. The summed E-state index contributed by atoms with van der Waals surface area (Å²) in [5.74, 6) is 0.652. The summed E-state index contributed by atoms with van der Waals surface area (Å²) in [6.45, 7) is 3.36. The second-order valence-electron chi connectivity index (χ2n) is 5.52. The number of aromatic nitrogens is 1. The zero-order valence-corrected chi connectivity index (χ0v) is 11.6. The van der Waals surface area contributed by atoms with Crippen LogP contribution >= 0.6 is 0 Å². The molecule has 2 aromatic rings. The van der Waals surface area contributed by atoms with E-state index in [0.29, 0.717) is 12.0 Å². The molecule has 0 amide bonds. The van der Waals surface area contributed by atoms with Crippen LogP contribution in [0.5, 0.6) is 0 Å². The first-order valence-electron chi connectivity index (χ1n) is 7.47. The molecule has 0 radical (unpaired) electrons. The maximum Gasteiger partial charge on any atom is 0.0704 e. The van der Waals surface area contributed by atoms with E-state index in [2.05, 4.69) is 47.6 Å². The van der Waals surface area contributed by atoms with E-state index >= 15 is 0 Å². The predicted molar refractivity (Wildman–Crippen MR) is 80.4 cm³/mol. The van der Waals surface area contributed by atoms with Crippen LogP contribution in [0.4, 0.5) is 0 Å². The van der Waals surface area contributed by atoms with E-state index in [4.69, 9.17) is 0 Å². The van der Waals surface area contributed by atoms with E-state index < -0.39 is 0 Å². The number of benzene rings is 1. The number of fused-ring (bicyclic) bond motifs is 1. The van der Waals surface area contributed by atoms with Crippen molar-refractivity contribution in [1.82, 2.24) is 10.3 Å². The molecule has 0 saturated heterocycles. The highest BCUT2D eigenvalue weighted by molar-refractivity contribution is 5.82. The van der Waals surface area contributed by atoms with Crippen molar-refractivity contribution in [3.63, 3.8) is 0 Å². The normalized spacial score (nSPS) is 23.0. The molecule has 1 aromatic heterocycles. The van der Waals surface area contributed by atoms with Gasteiger partial charge in [0.25, 0.3) is 0 Å². The van der Waals surface area contributed by atoms with Gasteiger partial charge in [-0.05, 0) is 49.4 Å². The van der Waals surface area contributed by atoms with Gasteiger partial charge in [0.15, 0.2) is 0 Å². The second kappa shape index (κ2) is 5.70. The molecule has 0 spiro atoms. The zero-order chi connectivity index (χ0) is 13.1. The Kier molecular flexibility index (Phi) is 3.79. The molecule has 1 saturated carbocycles. The molecule has 2 nitrogen and oxygen atoms in total. The topological polar surface area (TPSA) is 24.9 Å². The van der Waals surface area contributed by atoms with Crippen molar-refractivity contribution in [2.75, 3.05) is 6.54 Å². The monoisotopic (exact) mass is 254 g/mol. The maximum atomic E-state index is 4.48. The summed E-state index contributed by atoms with van der Waals surface area (Å²) in [4.78, 5) is 4.48. The molecular formula is C17H22N2. The van der Waals surface area contributed by atoms with Crippen molar-refractivity contribution in [3.05, 3.63) is 42.1 Å². The highest BCUT2D eigenvalue weighted by Crippen LogP contribution is 2.37. The van der Waals surface area contributed by atoms with Gasteiger partial charge in [0, 0.05) is 17.6 Å². The fraction of sp³-hybridized carbons (Fsp3) is 0.471. The quantitative estimate of drug-likeness (QED) is 0.896. The third-order valence-electron chi connectivity index (χ3n) is 4.25. The smallest absolute Gasteiger partial charge is 0.0704 e. The first-order chi connectivity index (χ1) is 9.40. The second-order valence-corrected chi connectivity index (χ2v) is 5.52. The van der Waals surface area contributed by atoms with E-state index in [-0.39, 0.29) is 0 Å². The molecule has 1 aliphatic carbocycles. The minimum absolute atomic E-state index is 0.644. The lowest BCUT2D eigenvalue weighted by atomic mass is 9.91. The van der Waals surface area contributed by atoms with Crippen LogP contribution in [0, 0.1) is 0 Å². The number of pyridine rings is 1. The molecule has 0 aliphatic heterocycles. The van der Waals surface area contributed by atoms with E-state index in [9.17, 15) is 0 Å². The Morgan fingerprint density at radius 3 is 3.05 bits per heavy atom. The van der Waals surface area contributed by atoms with Gasteiger partial charge in [0.2, 0.25) is 0 Å². The van der Waals surface area contributed by atoms with Gasteiger partial charge >= 0.3 is 0 Å². The van der Waals surface area contributed by atoms with Gasteiger partial charge in [-0.1, -0.05) is 31.5 Å². The maximum absolute atomic E-state index is 4.48. The summed E-state index contributed by atoms with van der Waals surface area (Å²) in [5, 5.41) is 5.06. The zero-order valence-electron chi connectivity index (χ0n) is 11.6. The summed E-state index contributed by atoms with van der Waals surface area (Å²) in [6.07, 6.45) is 7.04. The number of nitrogens with zero attached hydrogens (tertiary/aromatic N) is 1. The Labute approximate surface area is 115 Å². The Morgan fingerprint density at radius 2 is 2.16 bits per heavy atom. The van der Waals surface area contributed by atoms with E-state index in [0.717, 1.165) is 12.1 Å². The largest absolute Gasteiger partial charge is 0.313 e. The number of hydrogen-bond donors (Lipinski definition) is 1. The van der Waals surface area contributed by atoms with Crippen molar-refractivity contribution in [1.29, 1.82) is 0 Å². The molecular weight excluding hydrogens is 232 g/mol. The Morgan fingerprint density at radius 1 is 1.21 bits per heavy atom. The molecule has 1 N–H and O–H groups in total. The van der Waals surface area contributed by atoms with Gasteiger partial charge < -0.3 is 5.32 Å². The molecule has 1 fully saturated rings. The molecule has 2 heteroatoms. The summed E-state index contributed by atoms with van der Waals surface area (Å²) < 4.78 is 0. The van der Waals surface area contributed by atoms with Crippen molar-refractivity contribution in [3.8, 4) is 0 Å². The SMILES string of the molecule is CCCNC1CCCC1c1cccc2ncccc12. The molecule has 3 rings (SSSR count). The number of nitrogens with one attached hydrogen (secondary N) is 1. The van der Waals surface area contributed by atoms with Crippen LogP contribution in [0.1, 0.15) is 44.1 Å². The molecule has 1 aromatic carbocycles. The highest BCUT2D eigenvalue weighted by atomic mass is 14.9. The van der Waals surface area contributed by atoms with Crippen LogP contribution in [0.2, 0.25) is 0 Å². The Hall–Kier alpha value is -1.41. The van der Waals surface area contributed by atoms with Gasteiger partial charge in [-0.3, -0.25) is 4.98 Å². The first kappa shape index (κ1) is 12.6. The third-order valence-corrected chi connectivity index (χ3v) is 4.25. The van der Waals surface area contributed by atoms with Crippen LogP contribution in [-0.4, -0.2) is 17.6 Å². The van der Waals surface area contributed by atoms with Gasteiger partial charge in [-0.15, -0.1) is 0 Å². The predicted octanol–water partition coefficient (Wildman–Crippen LogP) is 3.87.